The summed E-state index contributed by atoms with van der Waals surface area (Å²) in [5.41, 5.74) is 0.551. The van der Waals surface area contributed by atoms with Gasteiger partial charge in [-0.25, -0.2) is 4.79 Å². The second-order valence-corrected chi connectivity index (χ2v) is 2.56. The van der Waals surface area contributed by atoms with Gasteiger partial charge in [0, 0.05) is 0 Å². The molecular weight excluding hydrogens is 186 g/mol. The number of anilines is 1. The fourth-order valence-electron chi connectivity index (χ4n) is 0.945. The van der Waals surface area contributed by atoms with Crippen LogP contribution in [-0.2, 0) is 4.74 Å². The molecule has 0 atom stereocenters. The minimum Gasteiger partial charge on any atom is -0.462 e. The van der Waals surface area contributed by atoms with E-state index in [2.05, 4.69) is 0 Å². The molecule has 5 nitrogen and oxygen atoms in total. The van der Waals surface area contributed by atoms with Gasteiger partial charge in [-0.05, 0) is 31.2 Å². The zero-order chi connectivity index (χ0) is 10.6. The van der Waals surface area contributed by atoms with E-state index in [4.69, 9.17) is 15.2 Å². The van der Waals surface area contributed by atoms with Crippen LogP contribution in [0.5, 0.6) is 0 Å². The number of benzene rings is 1. The van der Waals surface area contributed by atoms with Crippen molar-refractivity contribution in [1.82, 2.24) is 0 Å². The maximum absolute atomic E-state index is 11.2. The molecule has 0 aliphatic rings. The van der Waals surface area contributed by atoms with Gasteiger partial charge in [-0.1, -0.05) is 0 Å². The smallest absolute Gasteiger partial charge is 0.338 e. The predicted molar refractivity (Wildman–Crippen MR) is 48.5 cm³/mol. The van der Waals surface area contributed by atoms with Crippen LogP contribution in [0.2, 0.25) is 0 Å². The maximum atomic E-state index is 11.2. The van der Waals surface area contributed by atoms with Gasteiger partial charge in [0.1, 0.15) is 0 Å². The van der Waals surface area contributed by atoms with Crippen LogP contribution < -0.4 is 5.23 Å². The van der Waals surface area contributed by atoms with Crippen molar-refractivity contribution in [2.45, 2.75) is 6.92 Å². The Bertz CT molecular complexity index is 307. The Balaban J connectivity index is 2.78. The number of nitrogens with zero attached hydrogens (tertiary/aromatic N) is 1. The Morgan fingerprint density at radius 3 is 2.36 bits per heavy atom. The van der Waals surface area contributed by atoms with E-state index < -0.39 is 5.97 Å². The maximum Gasteiger partial charge on any atom is 0.338 e. The third-order valence-electron chi connectivity index (χ3n) is 1.61. The summed E-state index contributed by atoms with van der Waals surface area (Å²) in [6, 6.07) is 5.69. The topological polar surface area (TPSA) is 70.0 Å². The zero-order valence-corrected chi connectivity index (χ0v) is 7.67. The summed E-state index contributed by atoms with van der Waals surface area (Å²) in [6.07, 6.45) is 0. The lowest BCUT2D eigenvalue weighted by atomic mass is 10.2. The summed E-state index contributed by atoms with van der Waals surface area (Å²) < 4.78 is 4.75. The highest BCUT2D eigenvalue weighted by molar-refractivity contribution is 5.89. The molecule has 1 rings (SSSR count). The summed E-state index contributed by atoms with van der Waals surface area (Å²) in [5.74, 6) is -0.429. The Morgan fingerprint density at radius 2 is 1.93 bits per heavy atom. The third kappa shape index (κ3) is 2.45. The van der Waals surface area contributed by atoms with Crippen molar-refractivity contribution >= 4 is 11.7 Å². The van der Waals surface area contributed by atoms with E-state index in [0.717, 1.165) is 0 Å². The average molecular weight is 197 g/mol. The third-order valence-corrected chi connectivity index (χ3v) is 1.61. The highest BCUT2D eigenvalue weighted by Gasteiger charge is 2.06. The standard InChI is InChI=1S/C9H11NO4/c1-2-14-9(11)7-3-5-8(6-4-7)10(12)13/h3-6,12-13H,2H2,1H3. The van der Waals surface area contributed by atoms with Crippen molar-refractivity contribution in [3.63, 3.8) is 0 Å². The van der Waals surface area contributed by atoms with Crippen LogP contribution in [0, 0.1) is 0 Å². The van der Waals surface area contributed by atoms with Gasteiger partial charge in [-0.2, -0.15) is 0 Å². The fraction of sp³-hybridized carbons (Fsp3) is 0.222. The lowest BCUT2D eigenvalue weighted by Gasteiger charge is -2.07. The molecule has 0 radical (unpaired) electrons. The Kier molecular flexibility index (Phi) is 3.44. The fourth-order valence-corrected chi connectivity index (χ4v) is 0.945. The quantitative estimate of drug-likeness (QED) is 0.566. The Labute approximate surface area is 81.1 Å². The summed E-state index contributed by atoms with van der Waals surface area (Å²) in [6.45, 7) is 2.03. The summed E-state index contributed by atoms with van der Waals surface area (Å²) in [7, 11) is 0. The normalized spacial score (nSPS) is 9.64. The molecule has 0 heterocycles. The first kappa shape index (κ1) is 10.5. The first-order valence-electron chi connectivity index (χ1n) is 4.10. The molecule has 2 N–H and O–H groups in total. The van der Waals surface area contributed by atoms with Crippen molar-refractivity contribution in [3.05, 3.63) is 29.8 Å². The molecule has 0 aliphatic carbocycles. The molecule has 0 saturated heterocycles. The van der Waals surface area contributed by atoms with Crippen molar-refractivity contribution in [2.24, 2.45) is 0 Å². The van der Waals surface area contributed by atoms with Crippen LogP contribution in [0.25, 0.3) is 0 Å². The molecular formula is C9H11NO4. The van der Waals surface area contributed by atoms with E-state index in [0.29, 0.717) is 12.2 Å². The predicted octanol–water partition coefficient (Wildman–Crippen LogP) is 1.45. The second-order valence-electron chi connectivity index (χ2n) is 2.56. The van der Waals surface area contributed by atoms with Gasteiger partial charge in [0.25, 0.3) is 0 Å². The summed E-state index contributed by atoms with van der Waals surface area (Å²) in [5, 5.41) is 17.2. The molecule has 1 aromatic carbocycles. The van der Waals surface area contributed by atoms with Crippen LogP contribution in [-0.4, -0.2) is 23.0 Å². The SMILES string of the molecule is CCOC(=O)c1ccc(N(O)O)cc1. The molecule has 1 aromatic rings. The van der Waals surface area contributed by atoms with E-state index in [9.17, 15) is 4.79 Å². The van der Waals surface area contributed by atoms with Gasteiger partial charge >= 0.3 is 5.97 Å². The van der Waals surface area contributed by atoms with Crippen LogP contribution >= 0.6 is 0 Å². The van der Waals surface area contributed by atoms with Gasteiger partial charge in [-0.15, -0.1) is 5.23 Å². The first-order valence-corrected chi connectivity index (χ1v) is 4.10. The van der Waals surface area contributed by atoms with Crippen LogP contribution in [0.1, 0.15) is 17.3 Å². The first-order chi connectivity index (χ1) is 6.65. The number of hydrogen-bond acceptors (Lipinski definition) is 5. The minimum atomic E-state index is -0.429. The van der Waals surface area contributed by atoms with E-state index in [1.165, 1.54) is 24.3 Å². The van der Waals surface area contributed by atoms with E-state index in [1.54, 1.807) is 6.92 Å². The van der Waals surface area contributed by atoms with Crippen molar-refractivity contribution < 1.29 is 19.9 Å². The molecule has 5 heteroatoms. The molecule has 76 valence electrons. The molecule has 0 bridgehead atoms. The highest BCUT2D eigenvalue weighted by Crippen LogP contribution is 2.12. The summed E-state index contributed by atoms with van der Waals surface area (Å²) >= 11 is 0. The van der Waals surface area contributed by atoms with Gasteiger partial charge in [0.15, 0.2) is 0 Å². The van der Waals surface area contributed by atoms with Crippen molar-refractivity contribution in [3.8, 4) is 0 Å². The average Bonchev–Trinajstić information content (AvgIpc) is 2.18. The molecule has 0 aromatic heterocycles. The molecule has 0 amide bonds. The Morgan fingerprint density at radius 1 is 1.36 bits per heavy atom. The van der Waals surface area contributed by atoms with Crippen molar-refractivity contribution in [1.29, 1.82) is 0 Å². The lowest BCUT2D eigenvalue weighted by Crippen LogP contribution is -2.11. The van der Waals surface area contributed by atoms with Gasteiger partial charge in [-0.3, -0.25) is 10.4 Å². The number of carbonyl (C=O) groups is 1. The van der Waals surface area contributed by atoms with E-state index in [-0.39, 0.29) is 10.9 Å². The number of ether oxygens (including phenoxy) is 1. The molecule has 14 heavy (non-hydrogen) atoms. The molecule has 0 saturated carbocycles. The number of hydrogen-bond donors (Lipinski definition) is 2. The van der Waals surface area contributed by atoms with Gasteiger partial charge in [0.05, 0.1) is 17.9 Å². The largest absolute Gasteiger partial charge is 0.462 e. The van der Waals surface area contributed by atoms with Gasteiger partial charge in [0.2, 0.25) is 0 Å². The monoisotopic (exact) mass is 197 g/mol. The zero-order valence-electron chi connectivity index (χ0n) is 7.67. The van der Waals surface area contributed by atoms with Crippen molar-refractivity contribution in [2.75, 3.05) is 11.8 Å². The van der Waals surface area contributed by atoms with Crippen LogP contribution in [0.15, 0.2) is 24.3 Å². The lowest BCUT2D eigenvalue weighted by molar-refractivity contribution is 0.0290. The summed E-state index contributed by atoms with van der Waals surface area (Å²) in [4.78, 5) is 11.2. The Hall–Kier alpha value is -1.59. The van der Waals surface area contributed by atoms with E-state index in [1.807, 2.05) is 0 Å². The molecule has 0 aliphatic heterocycles. The highest BCUT2D eigenvalue weighted by atomic mass is 16.8. The van der Waals surface area contributed by atoms with E-state index >= 15 is 0 Å². The number of carbonyl (C=O) groups excluding carboxylic acids is 1. The molecule has 0 fully saturated rings. The number of esters is 1. The molecule has 0 unspecified atom stereocenters. The molecule has 0 spiro atoms. The minimum absolute atomic E-state index is 0.0189. The number of rotatable bonds is 3. The van der Waals surface area contributed by atoms with Crippen LogP contribution in [0.4, 0.5) is 5.69 Å². The second kappa shape index (κ2) is 4.59. The van der Waals surface area contributed by atoms with Crippen LogP contribution in [0.3, 0.4) is 0 Å². The van der Waals surface area contributed by atoms with Gasteiger partial charge < -0.3 is 4.74 Å².